The van der Waals surface area contributed by atoms with Gasteiger partial charge in [0.1, 0.15) is 5.75 Å². The van der Waals surface area contributed by atoms with Crippen LogP contribution in [0.25, 0.3) is 11.0 Å². The summed E-state index contributed by atoms with van der Waals surface area (Å²) in [5, 5.41) is 19.8. The molecule has 2 aromatic carbocycles. The highest BCUT2D eigenvalue weighted by Gasteiger charge is 2.25. The van der Waals surface area contributed by atoms with Crippen molar-refractivity contribution in [2.45, 2.75) is 31.1 Å². The molecule has 2 N–H and O–H groups in total. The third-order valence-electron chi connectivity index (χ3n) is 5.47. The zero-order chi connectivity index (χ0) is 26.7. The fourth-order valence-electron chi connectivity index (χ4n) is 3.77. The quantitative estimate of drug-likeness (QED) is 0.286. The van der Waals surface area contributed by atoms with E-state index in [9.17, 15) is 22.0 Å². The first kappa shape index (κ1) is 25.6. The van der Waals surface area contributed by atoms with Gasteiger partial charge < -0.3 is 9.84 Å². The Kier molecular flexibility index (Phi) is 7.08. The smallest absolute Gasteiger partial charge is 0.409 e. The third-order valence-corrected chi connectivity index (χ3v) is 7.13. The fourth-order valence-corrected chi connectivity index (χ4v) is 5.11. The number of carbonyl (C=O) groups is 1. The van der Waals surface area contributed by atoms with Gasteiger partial charge in [0.05, 0.1) is 22.0 Å². The van der Waals surface area contributed by atoms with Crippen LogP contribution in [0.1, 0.15) is 24.0 Å². The summed E-state index contributed by atoms with van der Waals surface area (Å²) in [5.74, 6) is -3.22. The van der Waals surface area contributed by atoms with Gasteiger partial charge in [0.2, 0.25) is 0 Å². The van der Waals surface area contributed by atoms with Gasteiger partial charge in [-0.1, -0.05) is 17.7 Å². The normalized spacial score (nSPS) is 11.3. The van der Waals surface area contributed by atoms with Gasteiger partial charge in [-0.05, 0) is 43.5 Å². The van der Waals surface area contributed by atoms with Gasteiger partial charge in [-0.25, -0.2) is 30.9 Å². The number of nitriles is 1. The van der Waals surface area contributed by atoms with Crippen molar-refractivity contribution < 1.29 is 31.8 Å². The molecule has 0 atom stereocenters. The lowest BCUT2D eigenvalue weighted by atomic mass is 10.1. The molecule has 0 saturated heterocycles. The first-order valence-corrected chi connectivity index (χ1v) is 12.4. The molecule has 0 radical (unpaired) electrons. The van der Waals surface area contributed by atoms with E-state index < -0.39 is 33.5 Å². The van der Waals surface area contributed by atoms with Crippen molar-refractivity contribution >= 4 is 32.8 Å². The molecule has 0 unspecified atom stereocenters. The number of ether oxygens (including phenoxy) is 1. The molecule has 2 heterocycles. The molecule has 0 spiro atoms. The van der Waals surface area contributed by atoms with E-state index in [4.69, 9.17) is 15.1 Å². The van der Waals surface area contributed by atoms with E-state index >= 15 is 0 Å². The van der Waals surface area contributed by atoms with Crippen molar-refractivity contribution in [3.05, 3.63) is 77.6 Å². The van der Waals surface area contributed by atoms with Crippen LogP contribution in [0.15, 0.2) is 59.8 Å². The molecule has 190 valence electrons. The Morgan fingerprint density at radius 2 is 1.86 bits per heavy atom. The van der Waals surface area contributed by atoms with Gasteiger partial charge in [0.25, 0.3) is 10.0 Å². The van der Waals surface area contributed by atoms with Crippen molar-refractivity contribution in [2.75, 3.05) is 5.32 Å². The van der Waals surface area contributed by atoms with Crippen LogP contribution in [0.5, 0.6) is 11.5 Å². The number of fused-ring (bicyclic) bond motifs is 1. The number of aryl methyl sites for hydroxylation is 2. The van der Waals surface area contributed by atoms with Crippen molar-refractivity contribution in [1.29, 1.82) is 5.26 Å². The summed E-state index contributed by atoms with van der Waals surface area (Å²) < 4.78 is 62.9. The molecule has 37 heavy (non-hydrogen) atoms. The molecule has 0 aliphatic rings. The number of halogens is 2. The van der Waals surface area contributed by atoms with Crippen molar-refractivity contribution in [3.8, 4) is 17.6 Å². The fraction of sp³-hybridized carbons (Fsp3) is 0.160. The maximum absolute atomic E-state index is 14.7. The molecule has 4 aromatic rings. The topological polar surface area (TPSA) is 134 Å². The van der Waals surface area contributed by atoms with E-state index in [-0.39, 0.29) is 40.2 Å². The number of unbranched alkanes of at least 4 members (excludes halogenated alkanes) is 1. The number of pyridine rings is 1. The molecule has 0 fully saturated rings. The number of anilines is 1. The number of nitrogens with zero attached hydrogens (tertiary/aromatic N) is 3. The van der Waals surface area contributed by atoms with E-state index in [1.807, 2.05) is 18.3 Å². The third kappa shape index (κ3) is 5.22. The van der Waals surface area contributed by atoms with E-state index in [0.717, 1.165) is 21.7 Å². The highest BCUT2D eigenvalue weighted by atomic mass is 32.2. The molecule has 1 amide bonds. The number of nitrogens with one attached hydrogen (secondary N) is 1. The summed E-state index contributed by atoms with van der Waals surface area (Å²) in [5.41, 5.74) is 0.974. The number of hydrogen-bond donors (Lipinski definition) is 2. The standard InChI is InChI=1S/C25H20F2N4O5S/c1-15-5-7-18(8-6-15)37(34,35)31-14-16(4-2-3-10-28)22-21(9-11-29-24(22)31)36-23-19(26)12-17(13-20(23)27)30-25(32)33/h5-9,11-14,30H,2-4H2,1H3,(H,32,33). The molecular weight excluding hydrogens is 506 g/mol. The Labute approximate surface area is 210 Å². The molecule has 9 nitrogen and oxygen atoms in total. The van der Waals surface area contributed by atoms with Gasteiger partial charge >= 0.3 is 6.09 Å². The zero-order valence-electron chi connectivity index (χ0n) is 19.4. The Morgan fingerprint density at radius 1 is 1.19 bits per heavy atom. The molecule has 0 bridgehead atoms. The maximum Gasteiger partial charge on any atom is 0.409 e. The highest BCUT2D eigenvalue weighted by Crippen LogP contribution is 2.37. The Hall–Kier alpha value is -4.50. The molecule has 2 aromatic heterocycles. The maximum atomic E-state index is 14.7. The van der Waals surface area contributed by atoms with Crippen molar-refractivity contribution in [2.24, 2.45) is 0 Å². The van der Waals surface area contributed by atoms with Crippen molar-refractivity contribution in [3.63, 3.8) is 0 Å². The average Bonchev–Trinajstić information content (AvgIpc) is 3.22. The molecule has 4 rings (SSSR count). The summed E-state index contributed by atoms with van der Waals surface area (Å²) in [7, 11) is -4.09. The first-order valence-electron chi connectivity index (χ1n) is 11.0. The average molecular weight is 527 g/mol. The monoisotopic (exact) mass is 526 g/mol. The SMILES string of the molecule is Cc1ccc(S(=O)(=O)n2cc(CCCC#N)c3c(Oc4c(F)cc(NC(=O)O)cc4F)ccnc32)cc1. The first-order chi connectivity index (χ1) is 17.6. The molecule has 0 saturated carbocycles. The molecule has 12 heteroatoms. The van der Waals surface area contributed by atoms with Crippen LogP contribution >= 0.6 is 0 Å². The zero-order valence-corrected chi connectivity index (χ0v) is 20.2. The predicted octanol–water partition coefficient (Wildman–Crippen LogP) is 5.59. The number of rotatable bonds is 8. The predicted molar refractivity (Wildman–Crippen MR) is 130 cm³/mol. The summed E-state index contributed by atoms with van der Waals surface area (Å²) in [6.45, 7) is 1.82. The Morgan fingerprint density at radius 3 is 2.49 bits per heavy atom. The number of benzene rings is 2. The second kappa shape index (κ2) is 10.2. The summed E-state index contributed by atoms with van der Waals surface area (Å²) in [4.78, 5) is 15.0. The van der Waals surface area contributed by atoms with Crippen LogP contribution in [-0.4, -0.2) is 28.6 Å². The number of amides is 1. The van der Waals surface area contributed by atoms with Gasteiger partial charge in [-0.15, -0.1) is 0 Å². The minimum absolute atomic E-state index is 0.0185. The van der Waals surface area contributed by atoms with Gasteiger partial charge in [0.15, 0.2) is 23.0 Å². The Balaban J connectivity index is 1.85. The van der Waals surface area contributed by atoms with Crippen LogP contribution < -0.4 is 10.1 Å². The van der Waals surface area contributed by atoms with Crippen LogP contribution in [0.2, 0.25) is 0 Å². The summed E-state index contributed by atoms with van der Waals surface area (Å²) in [6, 6.07) is 11.1. The van der Waals surface area contributed by atoms with Gasteiger partial charge in [0, 0.05) is 30.9 Å². The van der Waals surface area contributed by atoms with Crippen LogP contribution in [0, 0.1) is 29.9 Å². The minimum Gasteiger partial charge on any atom is -0.465 e. The second-order valence-corrected chi connectivity index (χ2v) is 9.90. The second-order valence-electron chi connectivity index (χ2n) is 8.09. The summed E-state index contributed by atoms with van der Waals surface area (Å²) >= 11 is 0. The molecule has 0 aliphatic heterocycles. The van der Waals surface area contributed by atoms with Crippen LogP contribution in [-0.2, 0) is 16.4 Å². The van der Waals surface area contributed by atoms with Gasteiger partial charge in [-0.3, -0.25) is 5.32 Å². The van der Waals surface area contributed by atoms with Crippen LogP contribution in [0.3, 0.4) is 0 Å². The Bertz CT molecular complexity index is 1620. The molecule has 0 aliphatic carbocycles. The van der Waals surface area contributed by atoms with Crippen molar-refractivity contribution in [1.82, 2.24) is 8.96 Å². The number of carboxylic acid groups (broad SMARTS) is 1. The number of hydrogen-bond acceptors (Lipinski definition) is 6. The minimum atomic E-state index is -4.09. The van der Waals surface area contributed by atoms with E-state index in [2.05, 4.69) is 4.98 Å². The van der Waals surface area contributed by atoms with E-state index in [1.54, 1.807) is 12.1 Å². The van der Waals surface area contributed by atoms with Gasteiger partial charge in [-0.2, -0.15) is 5.26 Å². The van der Waals surface area contributed by atoms with Crippen LogP contribution in [0.4, 0.5) is 19.3 Å². The van der Waals surface area contributed by atoms with E-state index in [0.29, 0.717) is 12.0 Å². The molecular formula is C25H20F2N4O5S. The largest absolute Gasteiger partial charge is 0.465 e. The summed E-state index contributed by atoms with van der Waals surface area (Å²) in [6.07, 6.45) is 1.98. The lowest BCUT2D eigenvalue weighted by Gasteiger charge is -2.12. The number of aromatic nitrogens is 2. The highest BCUT2D eigenvalue weighted by molar-refractivity contribution is 7.90. The lowest BCUT2D eigenvalue weighted by molar-refractivity contribution is 0.209. The van der Waals surface area contributed by atoms with E-state index in [1.165, 1.54) is 30.6 Å². The lowest BCUT2D eigenvalue weighted by Crippen LogP contribution is -2.12.